The van der Waals surface area contributed by atoms with Crippen LogP contribution in [0.4, 0.5) is 10.2 Å². The van der Waals surface area contributed by atoms with Crippen LogP contribution in [0.25, 0.3) is 0 Å². The predicted octanol–water partition coefficient (Wildman–Crippen LogP) is 3.94. The summed E-state index contributed by atoms with van der Waals surface area (Å²) in [6.07, 6.45) is 2.81. The summed E-state index contributed by atoms with van der Waals surface area (Å²) in [5.74, 6) is -1.02. The highest BCUT2D eigenvalue weighted by Crippen LogP contribution is 2.43. The maximum atomic E-state index is 13.9. The van der Waals surface area contributed by atoms with Gasteiger partial charge in [0.25, 0.3) is 8.32 Å². The lowest BCUT2D eigenvalue weighted by molar-refractivity contribution is 0.295. The quantitative estimate of drug-likeness (QED) is 0.538. The number of halogens is 1. The molecule has 0 saturated carbocycles. The molecule has 1 aromatic heterocycles. The van der Waals surface area contributed by atoms with Crippen molar-refractivity contribution in [2.45, 2.75) is 49.3 Å². The first-order chi connectivity index (χ1) is 15.7. The highest BCUT2D eigenvalue weighted by Gasteiger charge is 2.50. The molecule has 0 spiro atoms. The summed E-state index contributed by atoms with van der Waals surface area (Å²) in [6.45, 7) is 7.33. The Labute approximate surface area is 199 Å². The molecule has 3 aromatic rings. The Balaban J connectivity index is 1.61. The number of nitrogen functional groups attached to an aromatic ring is 1. The van der Waals surface area contributed by atoms with Crippen molar-refractivity contribution >= 4 is 36.3 Å². The van der Waals surface area contributed by atoms with E-state index in [4.69, 9.17) is 10.2 Å². The minimum absolute atomic E-state index is 0.0979. The average molecular weight is 484 g/mol. The average Bonchev–Trinajstić information content (AvgIpc) is 3.26. The highest BCUT2D eigenvalue weighted by molar-refractivity contribution is 8.00. The first-order valence-corrected chi connectivity index (χ1v) is 14.0. The highest BCUT2D eigenvalue weighted by atomic mass is 32.2. The third kappa shape index (κ3) is 4.65. The number of anilines is 1. The fourth-order valence-electron chi connectivity index (χ4n) is 4.66. The lowest BCUT2D eigenvalue weighted by atomic mass is 10.2. The molecular formula is C25H30FN3O2SSi. The van der Waals surface area contributed by atoms with Gasteiger partial charge in [-0.2, -0.15) is 4.98 Å². The molecule has 2 atom stereocenters. The van der Waals surface area contributed by atoms with Gasteiger partial charge in [0.2, 0.25) is 0 Å². The Kier molecular flexibility index (Phi) is 6.79. The molecule has 33 heavy (non-hydrogen) atoms. The molecule has 1 aliphatic rings. The maximum absolute atomic E-state index is 13.9. The Bertz CT molecular complexity index is 1110. The van der Waals surface area contributed by atoms with Crippen molar-refractivity contribution in [3.63, 3.8) is 0 Å². The van der Waals surface area contributed by atoms with Gasteiger partial charge < -0.3 is 10.2 Å². The Morgan fingerprint density at radius 1 is 1.09 bits per heavy atom. The van der Waals surface area contributed by atoms with Gasteiger partial charge in [0.05, 0.1) is 5.37 Å². The van der Waals surface area contributed by atoms with Crippen LogP contribution in [0.15, 0.2) is 71.7 Å². The van der Waals surface area contributed by atoms with Gasteiger partial charge in [0, 0.05) is 18.1 Å². The number of rotatable bonds is 6. The molecular weight excluding hydrogens is 453 g/mol. The molecule has 8 heteroatoms. The van der Waals surface area contributed by atoms with Crippen molar-refractivity contribution in [1.82, 2.24) is 9.55 Å². The van der Waals surface area contributed by atoms with Crippen molar-refractivity contribution in [2.75, 3.05) is 12.3 Å². The van der Waals surface area contributed by atoms with E-state index >= 15 is 0 Å². The molecule has 0 unspecified atom stereocenters. The zero-order chi connectivity index (χ0) is 23.6. The molecule has 5 nitrogen and oxygen atoms in total. The van der Waals surface area contributed by atoms with E-state index < -0.39 is 19.8 Å². The Morgan fingerprint density at radius 3 is 2.21 bits per heavy atom. The third-order valence-electron chi connectivity index (χ3n) is 6.23. The summed E-state index contributed by atoms with van der Waals surface area (Å²) in [5, 5.41) is 2.41. The van der Waals surface area contributed by atoms with E-state index in [1.54, 1.807) is 11.8 Å². The van der Waals surface area contributed by atoms with Crippen molar-refractivity contribution in [2.24, 2.45) is 0 Å². The molecule has 1 fully saturated rings. The van der Waals surface area contributed by atoms with Crippen molar-refractivity contribution in [3.8, 4) is 0 Å². The van der Waals surface area contributed by atoms with Gasteiger partial charge in [0.15, 0.2) is 11.6 Å². The zero-order valence-electron chi connectivity index (χ0n) is 19.2. The smallest absolute Gasteiger partial charge is 0.350 e. The summed E-state index contributed by atoms with van der Waals surface area (Å²) in [6, 6.07) is 21.1. The minimum Gasteiger partial charge on any atom is -0.406 e. The molecule has 1 aliphatic heterocycles. The summed E-state index contributed by atoms with van der Waals surface area (Å²) in [5.41, 5.74) is 4.93. The molecule has 0 amide bonds. The first kappa shape index (κ1) is 23.7. The van der Waals surface area contributed by atoms with E-state index in [0.717, 1.165) is 12.8 Å². The summed E-state index contributed by atoms with van der Waals surface area (Å²) >= 11 is 1.65. The van der Waals surface area contributed by atoms with Crippen LogP contribution in [0.3, 0.4) is 0 Å². The lowest BCUT2D eigenvalue weighted by Crippen LogP contribution is -2.67. The third-order valence-corrected chi connectivity index (χ3v) is 12.8. The topological polar surface area (TPSA) is 70.1 Å². The first-order valence-electron chi connectivity index (χ1n) is 11.2. The standard InChI is InChI=1S/C25H30FN3O2SSi/c1-25(2,3)33(19-10-6-4-7-11-19,20-12-8-5-9-13-20)31-17-18-14-15-22(32-18)29-16-21(26)23(27)28-24(29)30/h4-13,16,18,22H,14-15,17H2,1-3H3,(H2,27,28,30)/t18-,22+/m0/s1. The van der Waals surface area contributed by atoms with E-state index in [2.05, 4.69) is 74.3 Å². The van der Waals surface area contributed by atoms with Crippen molar-refractivity contribution in [1.29, 1.82) is 0 Å². The van der Waals surface area contributed by atoms with E-state index in [0.29, 0.717) is 6.61 Å². The van der Waals surface area contributed by atoms with Crippen molar-refractivity contribution < 1.29 is 8.82 Å². The van der Waals surface area contributed by atoms with Crippen LogP contribution in [0, 0.1) is 5.82 Å². The number of aromatic nitrogens is 2. The second kappa shape index (κ2) is 9.44. The number of nitrogens with two attached hydrogens (primary N) is 1. The summed E-state index contributed by atoms with van der Waals surface area (Å²) in [4.78, 5) is 15.9. The van der Waals surface area contributed by atoms with E-state index in [1.807, 2.05) is 12.1 Å². The molecule has 2 aromatic carbocycles. The SMILES string of the molecule is CC(C)(C)[Si](OC[C@@H]1CC[C@H](n2cc(F)c(N)nc2=O)S1)(c1ccccc1)c1ccccc1. The van der Waals surface area contributed by atoms with Crippen LogP contribution in [-0.2, 0) is 4.43 Å². The molecule has 0 radical (unpaired) electrons. The van der Waals surface area contributed by atoms with Crippen LogP contribution in [0.5, 0.6) is 0 Å². The second-order valence-corrected chi connectivity index (χ2v) is 15.2. The normalized spacial score (nSPS) is 19.0. The molecule has 4 rings (SSSR count). The minimum atomic E-state index is -2.62. The Hall–Kier alpha value is -2.42. The van der Waals surface area contributed by atoms with E-state index in [1.165, 1.54) is 21.1 Å². The van der Waals surface area contributed by atoms with Crippen LogP contribution >= 0.6 is 11.8 Å². The molecule has 0 bridgehead atoms. The van der Waals surface area contributed by atoms with Gasteiger partial charge in [0.1, 0.15) is 0 Å². The molecule has 2 N–H and O–H groups in total. The number of benzene rings is 2. The van der Waals surface area contributed by atoms with E-state index in [9.17, 15) is 9.18 Å². The molecule has 174 valence electrons. The molecule has 0 aliphatic carbocycles. The van der Waals surface area contributed by atoms with Crippen LogP contribution < -0.4 is 21.8 Å². The van der Waals surface area contributed by atoms with Gasteiger partial charge >= 0.3 is 5.69 Å². The second-order valence-electron chi connectivity index (χ2n) is 9.43. The van der Waals surface area contributed by atoms with Crippen molar-refractivity contribution in [3.05, 3.63) is 83.2 Å². The number of nitrogens with zero attached hydrogens (tertiary/aromatic N) is 2. The van der Waals surface area contributed by atoms with Gasteiger partial charge in [-0.25, -0.2) is 9.18 Å². The van der Waals surface area contributed by atoms with Gasteiger partial charge in [-0.15, -0.1) is 11.8 Å². The predicted molar refractivity (Wildman–Crippen MR) is 136 cm³/mol. The largest absolute Gasteiger partial charge is 0.406 e. The monoisotopic (exact) mass is 483 g/mol. The van der Waals surface area contributed by atoms with Crippen LogP contribution in [-0.4, -0.2) is 29.7 Å². The van der Waals surface area contributed by atoms with Crippen LogP contribution in [0.1, 0.15) is 39.0 Å². The molecule has 1 saturated heterocycles. The number of thioether (sulfide) groups is 1. The van der Waals surface area contributed by atoms with Gasteiger partial charge in [-0.3, -0.25) is 4.57 Å². The Morgan fingerprint density at radius 2 is 1.67 bits per heavy atom. The summed E-state index contributed by atoms with van der Waals surface area (Å²) in [7, 11) is -2.62. The lowest BCUT2D eigenvalue weighted by Gasteiger charge is -2.43. The van der Waals surface area contributed by atoms with Crippen LogP contribution in [0.2, 0.25) is 5.04 Å². The van der Waals surface area contributed by atoms with Gasteiger partial charge in [-0.1, -0.05) is 81.4 Å². The molecule has 2 heterocycles. The zero-order valence-corrected chi connectivity index (χ0v) is 21.0. The maximum Gasteiger partial charge on any atom is 0.350 e. The summed E-state index contributed by atoms with van der Waals surface area (Å²) < 4.78 is 22.3. The fraction of sp³-hybridized carbons (Fsp3) is 0.360. The number of hydrogen-bond donors (Lipinski definition) is 1. The number of hydrogen-bond acceptors (Lipinski definition) is 5. The van der Waals surface area contributed by atoms with Gasteiger partial charge in [-0.05, 0) is 28.3 Å². The fourth-order valence-corrected chi connectivity index (χ4v) is 10.8. The van der Waals surface area contributed by atoms with E-state index in [-0.39, 0.29) is 21.5 Å².